The molecule has 1 atom stereocenters. The molecule has 4 rings (SSSR count). The second kappa shape index (κ2) is 9.26. The number of ether oxygens (including phenoxy) is 1. The van der Waals surface area contributed by atoms with E-state index in [0.717, 1.165) is 42.5 Å². The fraction of sp³-hybridized carbons (Fsp3) is 0.333. The van der Waals surface area contributed by atoms with E-state index in [4.69, 9.17) is 20.8 Å². The Morgan fingerprint density at radius 1 is 1.10 bits per heavy atom. The van der Waals surface area contributed by atoms with Crippen LogP contribution in [-0.2, 0) is 0 Å². The van der Waals surface area contributed by atoms with Crippen molar-refractivity contribution in [2.45, 2.75) is 6.10 Å². The summed E-state index contributed by atoms with van der Waals surface area (Å²) >= 11 is 6.09. The molecule has 8 heteroatoms. The van der Waals surface area contributed by atoms with E-state index in [1.807, 2.05) is 42.5 Å². The van der Waals surface area contributed by atoms with Gasteiger partial charge in [0, 0.05) is 49.0 Å². The molecule has 0 aliphatic carbocycles. The predicted octanol–water partition coefficient (Wildman–Crippen LogP) is 2.95. The van der Waals surface area contributed by atoms with Crippen LogP contribution in [0.4, 0.5) is 5.69 Å². The van der Waals surface area contributed by atoms with Crippen molar-refractivity contribution in [3.8, 4) is 17.2 Å². The molecule has 0 radical (unpaired) electrons. The smallest absolute Gasteiger partial charge is 0.247 e. The molecule has 29 heavy (non-hydrogen) atoms. The summed E-state index contributed by atoms with van der Waals surface area (Å²) in [5, 5.41) is 18.7. The van der Waals surface area contributed by atoms with Crippen LogP contribution >= 0.6 is 11.6 Å². The van der Waals surface area contributed by atoms with E-state index in [9.17, 15) is 5.11 Å². The van der Waals surface area contributed by atoms with Crippen LogP contribution in [0.1, 0.15) is 0 Å². The van der Waals surface area contributed by atoms with Crippen molar-refractivity contribution >= 4 is 17.3 Å². The van der Waals surface area contributed by atoms with Gasteiger partial charge in [0.1, 0.15) is 18.5 Å². The third-order valence-corrected chi connectivity index (χ3v) is 5.13. The summed E-state index contributed by atoms with van der Waals surface area (Å²) in [6.45, 7) is 4.38. The highest BCUT2D eigenvalue weighted by Crippen LogP contribution is 2.22. The van der Waals surface area contributed by atoms with E-state index < -0.39 is 6.10 Å². The minimum atomic E-state index is -0.570. The molecule has 0 bridgehead atoms. The number of anilines is 1. The Morgan fingerprint density at radius 2 is 1.93 bits per heavy atom. The molecular weight excluding hydrogens is 392 g/mol. The van der Waals surface area contributed by atoms with Gasteiger partial charge in [-0.05, 0) is 36.4 Å². The summed E-state index contributed by atoms with van der Waals surface area (Å²) in [6, 6.07) is 15.3. The molecule has 0 unspecified atom stereocenters. The van der Waals surface area contributed by atoms with Crippen LogP contribution in [0.25, 0.3) is 11.5 Å². The van der Waals surface area contributed by atoms with Crippen LogP contribution in [0.15, 0.2) is 59.3 Å². The molecule has 0 saturated carbocycles. The van der Waals surface area contributed by atoms with Crippen molar-refractivity contribution < 1.29 is 14.3 Å². The number of hydrogen-bond donors (Lipinski definition) is 1. The lowest BCUT2D eigenvalue weighted by Gasteiger charge is -2.36. The van der Waals surface area contributed by atoms with Crippen molar-refractivity contribution in [3.05, 3.63) is 59.9 Å². The van der Waals surface area contributed by atoms with Gasteiger partial charge >= 0.3 is 0 Å². The molecular formula is C21H23ClN4O3. The number of rotatable bonds is 7. The average molecular weight is 415 g/mol. The number of β-amino-alcohol motifs (C(OH)–C–C–N with tert-alkyl or cyclic N) is 1. The van der Waals surface area contributed by atoms with Crippen molar-refractivity contribution in [2.24, 2.45) is 0 Å². The van der Waals surface area contributed by atoms with E-state index in [1.54, 1.807) is 0 Å². The molecule has 152 valence electrons. The van der Waals surface area contributed by atoms with E-state index in [1.165, 1.54) is 6.39 Å². The van der Waals surface area contributed by atoms with Gasteiger partial charge in [0.05, 0.1) is 0 Å². The second-order valence-corrected chi connectivity index (χ2v) is 7.44. The number of halogens is 1. The zero-order chi connectivity index (χ0) is 20.1. The third kappa shape index (κ3) is 5.26. The van der Waals surface area contributed by atoms with Gasteiger partial charge in [-0.15, -0.1) is 10.2 Å². The Bertz CT molecular complexity index is 914. The van der Waals surface area contributed by atoms with Gasteiger partial charge in [0.25, 0.3) is 0 Å². The predicted molar refractivity (Wildman–Crippen MR) is 111 cm³/mol. The molecule has 3 aromatic rings. The highest BCUT2D eigenvalue weighted by Gasteiger charge is 2.20. The fourth-order valence-electron chi connectivity index (χ4n) is 3.42. The molecule has 1 fully saturated rings. The van der Waals surface area contributed by atoms with Crippen LogP contribution in [0.2, 0.25) is 5.02 Å². The number of aliphatic hydroxyl groups excluding tert-OH is 1. The first-order valence-corrected chi connectivity index (χ1v) is 9.95. The summed E-state index contributed by atoms with van der Waals surface area (Å²) in [5.74, 6) is 1.10. The number of aromatic nitrogens is 2. The van der Waals surface area contributed by atoms with Gasteiger partial charge in [-0.1, -0.05) is 23.7 Å². The van der Waals surface area contributed by atoms with Gasteiger partial charge in [0.2, 0.25) is 12.3 Å². The monoisotopic (exact) mass is 414 g/mol. The summed E-state index contributed by atoms with van der Waals surface area (Å²) in [7, 11) is 0. The molecule has 1 saturated heterocycles. The minimum absolute atomic E-state index is 0.224. The zero-order valence-electron chi connectivity index (χ0n) is 15.9. The summed E-state index contributed by atoms with van der Waals surface area (Å²) in [5.41, 5.74) is 1.92. The van der Waals surface area contributed by atoms with Gasteiger partial charge in [-0.25, -0.2) is 0 Å². The van der Waals surface area contributed by atoms with Crippen LogP contribution in [0.3, 0.4) is 0 Å². The fourth-order valence-corrected chi connectivity index (χ4v) is 3.61. The van der Waals surface area contributed by atoms with Gasteiger partial charge in [-0.3, -0.25) is 4.90 Å². The van der Waals surface area contributed by atoms with E-state index in [-0.39, 0.29) is 6.61 Å². The average Bonchev–Trinajstić information content (AvgIpc) is 3.28. The maximum Gasteiger partial charge on any atom is 0.247 e. The van der Waals surface area contributed by atoms with Gasteiger partial charge in [-0.2, -0.15) is 0 Å². The molecule has 0 spiro atoms. The molecule has 7 nitrogen and oxygen atoms in total. The third-order valence-electron chi connectivity index (χ3n) is 4.90. The maximum absolute atomic E-state index is 10.4. The number of hydrogen-bond acceptors (Lipinski definition) is 7. The Labute approximate surface area is 174 Å². The van der Waals surface area contributed by atoms with Gasteiger partial charge in [0.15, 0.2) is 0 Å². The van der Waals surface area contributed by atoms with Crippen molar-refractivity contribution in [2.75, 3.05) is 44.2 Å². The number of benzene rings is 2. The maximum atomic E-state index is 10.4. The van der Waals surface area contributed by atoms with Crippen molar-refractivity contribution in [3.63, 3.8) is 0 Å². The molecule has 1 aromatic heterocycles. The Hall–Kier alpha value is -2.61. The SMILES string of the molecule is O[C@H](COc1cccc(-c2nnco2)c1)CN1CCN(c2cccc(Cl)c2)CC1. The Morgan fingerprint density at radius 3 is 2.69 bits per heavy atom. The lowest BCUT2D eigenvalue weighted by molar-refractivity contribution is 0.0663. The first-order valence-electron chi connectivity index (χ1n) is 9.58. The quantitative estimate of drug-likeness (QED) is 0.637. The van der Waals surface area contributed by atoms with Crippen LogP contribution in [0, 0.1) is 0 Å². The van der Waals surface area contributed by atoms with Crippen molar-refractivity contribution in [1.29, 1.82) is 0 Å². The molecule has 1 N–H and O–H groups in total. The Balaban J connectivity index is 1.24. The van der Waals surface area contributed by atoms with Gasteiger partial charge < -0.3 is 19.2 Å². The number of piperazine rings is 1. The largest absolute Gasteiger partial charge is 0.491 e. The number of aliphatic hydroxyl groups is 1. The van der Waals surface area contributed by atoms with Crippen LogP contribution < -0.4 is 9.64 Å². The zero-order valence-corrected chi connectivity index (χ0v) is 16.7. The van der Waals surface area contributed by atoms with Crippen LogP contribution in [-0.4, -0.2) is 65.6 Å². The summed E-state index contributed by atoms with van der Waals surface area (Å²) < 4.78 is 11.0. The van der Waals surface area contributed by atoms with E-state index >= 15 is 0 Å². The summed E-state index contributed by atoms with van der Waals surface area (Å²) in [4.78, 5) is 4.57. The molecule has 2 aromatic carbocycles. The minimum Gasteiger partial charge on any atom is -0.491 e. The topological polar surface area (TPSA) is 74.9 Å². The summed E-state index contributed by atoms with van der Waals surface area (Å²) in [6.07, 6.45) is 0.721. The highest BCUT2D eigenvalue weighted by atomic mass is 35.5. The first kappa shape index (κ1) is 19.7. The van der Waals surface area contributed by atoms with Crippen LogP contribution in [0.5, 0.6) is 5.75 Å². The van der Waals surface area contributed by atoms with Crippen molar-refractivity contribution in [1.82, 2.24) is 15.1 Å². The number of nitrogens with zero attached hydrogens (tertiary/aromatic N) is 4. The lowest BCUT2D eigenvalue weighted by atomic mass is 10.2. The molecule has 2 heterocycles. The highest BCUT2D eigenvalue weighted by molar-refractivity contribution is 6.30. The first-order chi connectivity index (χ1) is 14.2. The molecule has 0 amide bonds. The Kier molecular flexibility index (Phi) is 6.29. The standard InChI is InChI=1S/C21H23ClN4O3/c22-17-4-2-5-18(12-17)26-9-7-25(8-10-26)13-19(27)14-28-20-6-1-3-16(11-20)21-24-23-15-29-21/h1-6,11-12,15,19,27H,7-10,13-14H2/t19-/m0/s1. The molecule has 1 aliphatic heterocycles. The molecule has 1 aliphatic rings. The normalized spacial score (nSPS) is 16.0. The van der Waals surface area contributed by atoms with E-state index in [2.05, 4.69) is 26.1 Å². The lowest BCUT2D eigenvalue weighted by Crippen LogP contribution is -2.49. The second-order valence-electron chi connectivity index (χ2n) is 7.00. The van der Waals surface area contributed by atoms with E-state index in [0.29, 0.717) is 18.2 Å².